The zero-order valence-corrected chi connectivity index (χ0v) is 29.4. The van der Waals surface area contributed by atoms with Gasteiger partial charge in [-0.3, -0.25) is 4.98 Å². The summed E-state index contributed by atoms with van der Waals surface area (Å²) in [5.74, 6) is 0.953. The van der Waals surface area contributed by atoms with E-state index >= 15 is 0 Å². The molecule has 0 atom stereocenters. The van der Waals surface area contributed by atoms with Crippen molar-refractivity contribution in [2.24, 2.45) is 7.05 Å². The van der Waals surface area contributed by atoms with Crippen molar-refractivity contribution in [2.45, 2.75) is 52.4 Å². The van der Waals surface area contributed by atoms with Crippen LogP contribution in [0.15, 0.2) is 121 Å². The number of H-pyrrole nitrogens is 1. The van der Waals surface area contributed by atoms with Crippen LogP contribution in [0.1, 0.15) is 52.7 Å². The highest BCUT2D eigenvalue weighted by atomic mass is 15.1. The molecule has 4 heteroatoms. The van der Waals surface area contributed by atoms with E-state index in [2.05, 4.69) is 173 Å². The fraction of sp³-hybridized carbons (Fsp3) is 0.200. The minimum Gasteiger partial charge on any atom is -0.354 e. The van der Waals surface area contributed by atoms with Gasteiger partial charge < -0.3 is 9.55 Å². The number of aromatic nitrogens is 4. The van der Waals surface area contributed by atoms with Gasteiger partial charge in [0.05, 0.1) is 22.2 Å². The molecule has 0 aliphatic rings. The first-order valence-electron chi connectivity index (χ1n) is 17.1. The summed E-state index contributed by atoms with van der Waals surface area (Å²) in [6.07, 6.45) is 1.92. The molecule has 4 nitrogen and oxygen atoms in total. The van der Waals surface area contributed by atoms with Crippen LogP contribution < -0.4 is 0 Å². The lowest BCUT2D eigenvalue weighted by Gasteiger charge is -2.22. The zero-order valence-electron chi connectivity index (χ0n) is 29.4. The maximum atomic E-state index is 5.48. The van der Waals surface area contributed by atoms with Gasteiger partial charge in [-0.25, -0.2) is 4.98 Å². The van der Waals surface area contributed by atoms with Gasteiger partial charge in [0.2, 0.25) is 0 Å². The first-order chi connectivity index (χ1) is 23.5. The smallest absolute Gasteiger partial charge is 0.143 e. The Kier molecular flexibility index (Phi) is 7.11. The molecule has 0 fully saturated rings. The first-order valence-corrected chi connectivity index (χ1v) is 17.1. The van der Waals surface area contributed by atoms with Crippen molar-refractivity contribution in [1.82, 2.24) is 19.5 Å². The van der Waals surface area contributed by atoms with Crippen molar-refractivity contribution in [2.75, 3.05) is 0 Å². The lowest BCUT2D eigenvalue weighted by molar-refractivity contribution is 0.590. The van der Waals surface area contributed by atoms with Gasteiger partial charge in [-0.05, 0) is 87.2 Å². The Labute approximate surface area is 288 Å². The molecule has 0 aliphatic carbocycles. The van der Waals surface area contributed by atoms with Crippen molar-refractivity contribution in [1.29, 1.82) is 0 Å². The van der Waals surface area contributed by atoms with Crippen LogP contribution in [0, 0.1) is 0 Å². The molecule has 3 heterocycles. The highest BCUT2D eigenvalue weighted by Gasteiger charge is 2.23. The average Bonchev–Trinajstić information content (AvgIpc) is 3.65. The fourth-order valence-electron chi connectivity index (χ4n) is 7.01. The van der Waals surface area contributed by atoms with Gasteiger partial charge in [-0.1, -0.05) is 108 Å². The Morgan fingerprint density at radius 1 is 0.571 bits per heavy atom. The summed E-state index contributed by atoms with van der Waals surface area (Å²) in [7, 11) is 2.14. The van der Waals surface area contributed by atoms with Gasteiger partial charge >= 0.3 is 0 Å². The summed E-state index contributed by atoms with van der Waals surface area (Å²) < 4.78 is 2.25. The Morgan fingerprint density at radius 3 is 2.06 bits per heavy atom. The number of hydrogen-bond acceptors (Lipinski definition) is 2. The Morgan fingerprint density at radius 2 is 1.29 bits per heavy atom. The topological polar surface area (TPSA) is 46.5 Å². The second-order valence-corrected chi connectivity index (χ2v) is 15.4. The third kappa shape index (κ3) is 5.42. The molecule has 0 amide bonds. The molecule has 0 radical (unpaired) electrons. The molecule has 0 saturated carbocycles. The Balaban J connectivity index is 1.34. The van der Waals surface area contributed by atoms with Crippen molar-refractivity contribution in [3.8, 4) is 44.9 Å². The number of fused-ring (bicyclic) bond motifs is 4. The number of rotatable bonds is 4. The van der Waals surface area contributed by atoms with Crippen LogP contribution >= 0.6 is 0 Å². The molecule has 5 aromatic carbocycles. The highest BCUT2D eigenvalue weighted by Crippen LogP contribution is 2.41. The van der Waals surface area contributed by atoms with E-state index in [-0.39, 0.29) is 10.8 Å². The summed E-state index contributed by atoms with van der Waals surface area (Å²) in [5, 5.41) is 2.47. The van der Waals surface area contributed by atoms with E-state index in [1.54, 1.807) is 0 Å². The second-order valence-electron chi connectivity index (χ2n) is 15.4. The zero-order chi connectivity index (χ0) is 34.1. The molecule has 0 bridgehead atoms. The summed E-state index contributed by atoms with van der Waals surface area (Å²) in [6, 6.07) is 41.5. The van der Waals surface area contributed by atoms with Gasteiger partial charge in [0, 0.05) is 46.2 Å². The van der Waals surface area contributed by atoms with E-state index in [1.807, 2.05) is 6.20 Å². The summed E-state index contributed by atoms with van der Waals surface area (Å²) in [5.41, 5.74) is 14.6. The molecular weight excluding hydrogens is 597 g/mol. The fourth-order valence-corrected chi connectivity index (χ4v) is 7.01. The molecule has 242 valence electrons. The van der Waals surface area contributed by atoms with Gasteiger partial charge in [0.15, 0.2) is 0 Å². The van der Waals surface area contributed by atoms with E-state index in [0.29, 0.717) is 0 Å². The lowest BCUT2D eigenvalue weighted by Crippen LogP contribution is -2.11. The summed E-state index contributed by atoms with van der Waals surface area (Å²) in [4.78, 5) is 14.1. The number of nitrogens with zero attached hydrogens (tertiary/aromatic N) is 3. The maximum Gasteiger partial charge on any atom is 0.143 e. The van der Waals surface area contributed by atoms with Gasteiger partial charge in [-0.2, -0.15) is 0 Å². The monoisotopic (exact) mass is 638 g/mol. The van der Waals surface area contributed by atoms with E-state index in [1.165, 1.54) is 27.5 Å². The predicted molar refractivity (Wildman–Crippen MR) is 207 cm³/mol. The predicted octanol–water partition coefficient (Wildman–Crippen LogP) is 11.9. The molecule has 0 saturated heterocycles. The van der Waals surface area contributed by atoms with Crippen molar-refractivity contribution in [3.63, 3.8) is 0 Å². The van der Waals surface area contributed by atoms with Crippen LogP contribution in [-0.4, -0.2) is 19.5 Å². The number of aromatic amines is 1. The summed E-state index contributed by atoms with van der Waals surface area (Å²) in [6.45, 7) is 13.7. The minimum absolute atomic E-state index is 0.0211. The quantitative estimate of drug-likeness (QED) is 0.208. The van der Waals surface area contributed by atoms with Crippen LogP contribution in [0.25, 0.3) is 77.7 Å². The normalized spacial score (nSPS) is 12.4. The van der Waals surface area contributed by atoms with Gasteiger partial charge in [0.25, 0.3) is 0 Å². The molecule has 3 aromatic heterocycles. The van der Waals surface area contributed by atoms with Crippen LogP contribution in [0.5, 0.6) is 0 Å². The third-order valence-corrected chi connectivity index (χ3v) is 9.91. The van der Waals surface area contributed by atoms with Gasteiger partial charge in [0.1, 0.15) is 5.82 Å². The van der Waals surface area contributed by atoms with Crippen LogP contribution in [-0.2, 0) is 17.9 Å². The molecule has 1 N–H and O–H groups in total. The number of nitrogens with one attached hydrogen (secondary N) is 1. The summed E-state index contributed by atoms with van der Waals surface area (Å²) >= 11 is 0. The van der Waals surface area contributed by atoms with Crippen LogP contribution in [0.2, 0.25) is 0 Å². The van der Waals surface area contributed by atoms with Crippen LogP contribution in [0.4, 0.5) is 0 Å². The molecule has 49 heavy (non-hydrogen) atoms. The number of pyridine rings is 1. The van der Waals surface area contributed by atoms with E-state index < -0.39 is 0 Å². The first kappa shape index (κ1) is 30.8. The van der Waals surface area contributed by atoms with E-state index in [9.17, 15) is 0 Å². The largest absolute Gasteiger partial charge is 0.354 e. The van der Waals surface area contributed by atoms with E-state index in [4.69, 9.17) is 9.97 Å². The maximum absolute atomic E-state index is 5.48. The van der Waals surface area contributed by atoms with E-state index in [0.717, 1.165) is 61.4 Å². The average molecular weight is 639 g/mol. The standard InChI is InChI=1S/C45H42N4/c1-44(2,3)32-23-30(22-31(24-32)39-25-29(20-21-46-39)28-14-9-8-10-15-28)34-17-13-19-40-42(34)48-43(49(40)7)37-27-33(45(4,5)6)26-36-35-16-11-12-18-38(35)47-41(36)37/h8-27,47H,1-7H3. The third-order valence-electron chi connectivity index (χ3n) is 9.91. The van der Waals surface area contributed by atoms with Crippen LogP contribution in [0.3, 0.4) is 0 Å². The van der Waals surface area contributed by atoms with Crippen molar-refractivity contribution in [3.05, 3.63) is 133 Å². The van der Waals surface area contributed by atoms with Gasteiger partial charge in [-0.15, -0.1) is 0 Å². The highest BCUT2D eigenvalue weighted by molar-refractivity contribution is 6.12. The molecule has 0 spiro atoms. The molecule has 0 unspecified atom stereocenters. The van der Waals surface area contributed by atoms with Crippen molar-refractivity contribution >= 4 is 32.8 Å². The molecular formula is C45H42N4. The second kappa shape index (κ2) is 11.3. The number of para-hydroxylation sites is 2. The number of hydrogen-bond donors (Lipinski definition) is 1. The minimum atomic E-state index is -0.0560. The number of imidazole rings is 1. The number of benzene rings is 5. The SMILES string of the molecule is Cn1c(-c2cc(C(C)(C)C)cc3c2[nH]c2ccccc23)nc2c(-c3cc(-c4cc(-c5ccccc5)ccn4)cc(C(C)(C)C)c3)cccc21. The Bertz CT molecular complexity index is 2520. The molecule has 0 aliphatic heterocycles. The molecule has 8 aromatic rings. The molecule has 8 rings (SSSR count). The Hall–Kier alpha value is -5.48. The number of aryl methyl sites for hydroxylation is 1. The lowest BCUT2D eigenvalue weighted by atomic mass is 9.83. The van der Waals surface area contributed by atoms with Crippen molar-refractivity contribution < 1.29 is 0 Å².